The summed E-state index contributed by atoms with van der Waals surface area (Å²) in [7, 11) is 0. The van der Waals surface area contributed by atoms with Crippen LogP contribution in [0.15, 0.2) is 115 Å². The Morgan fingerprint density at radius 1 is 0.565 bits per heavy atom. The molecule has 0 radical (unpaired) electrons. The molecule has 8 aromatic rings. The molecule has 0 saturated heterocycles. The Morgan fingerprint density at radius 3 is 1.46 bits per heavy atom. The predicted octanol–water partition coefficient (Wildman–Crippen LogP) is 8.62. The summed E-state index contributed by atoms with van der Waals surface area (Å²) in [6.45, 7) is 1.38. The van der Waals surface area contributed by atoms with Gasteiger partial charge in [-0.05, 0) is 119 Å². The number of halogens is 2. The van der Waals surface area contributed by atoms with Gasteiger partial charge in [0.1, 0.15) is 11.4 Å². The summed E-state index contributed by atoms with van der Waals surface area (Å²) in [5.74, 6) is 0.612. The van der Waals surface area contributed by atoms with E-state index in [0.29, 0.717) is 46.7 Å². The largest absolute Gasteiger partial charge is 0.401 e. The van der Waals surface area contributed by atoms with Crippen molar-refractivity contribution in [2.45, 2.75) is 25.9 Å². The van der Waals surface area contributed by atoms with E-state index >= 15 is 0 Å². The topological polar surface area (TPSA) is 96.1 Å². The molecule has 0 aliphatic carbocycles. The lowest BCUT2D eigenvalue weighted by atomic mass is 10.2. The summed E-state index contributed by atoms with van der Waals surface area (Å²) in [6, 6.07) is 31.5. The molecule has 8 nitrogen and oxygen atoms in total. The molecular formula is C36H24I2N4O4. The van der Waals surface area contributed by atoms with E-state index in [1.54, 1.807) is 12.1 Å². The summed E-state index contributed by atoms with van der Waals surface area (Å²) in [5, 5.41) is 3.05. The molecule has 0 N–H and O–H groups in total. The molecule has 46 heavy (non-hydrogen) atoms. The first-order valence-corrected chi connectivity index (χ1v) is 17.0. The van der Waals surface area contributed by atoms with Crippen LogP contribution in [0, 0.1) is 7.14 Å². The first-order chi connectivity index (χ1) is 22.4. The molecule has 0 amide bonds. The van der Waals surface area contributed by atoms with Crippen LogP contribution in [0.1, 0.15) is 12.8 Å². The highest BCUT2D eigenvalue weighted by Gasteiger charge is 2.18. The summed E-state index contributed by atoms with van der Waals surface area (Å²) in [6.07, 6.45) is 1.67. The maximum atomic E-state index is 13.0. The highest BCUT2D eigenvalue weighted by Crippen LogP contribution is 2.31. The minimum absolute atomic E-state index is 0.306. The van der Waals surface area contributed by atoms with E-state index in [9.17, 15) is 9.59 Å². The molecule has 4 aromatic carbocycles. The lowest BCUT2D eigenvalue weighted by Crippen LogP contribution is -2.08. The van der Waals surface area contributed by atoms with E-state index in [1.807, 2.05) is 60.7 Å². The second-order valence-electron chi connectivity index (χ2n) is 11.1. The third-order valence-electron chi connectivity index (χ3n) is 8.25. The summed E-state index contributed by atoms with van der Waals surface area (Å²) >= 11 is 4.36. The normalized spacial score (nSPS) is 11.8. The number of benzene rings is 4. The van der Waals surface area contributed by atoms with Gasteiger partial charge in [0.25, 0.3) is 0 Å². The standard InChI is InChI=1S/C36H24I2N4O4/c37-23-11-13-27-25(19-23)35(43)45-33(39-27)31-17-21-7-1-3-9-29(21)41(31)15-5-6-16-42-30-10-4-2-8-22(30)18-32(42)34-40-28-14-12-24(38)20-26(28)36(44)46-34/h1-4,7-14,17-20H,5-6,15-16H2. The molecule has 226 valence electrons. The van der Waals surface area contributed by atoms with E-state index in [1.165, 1.54) is 0 Å². The van der Waals surface area contributed by atoms with Crippen molar-refractivity contribution < 1.29 is 8.83 Å². The maximum Gasteiger partial charge on any atom is 0.347 e. The van der Waals surface area contributed by atoms with Gasteiger partial charge in [-0.1, -0.05) is 36.4 Å². The number of aryl methyl sites for hydroxylation is 2. The Morgan fingerprint density at radius 2 is 1.00 bits per heavy atom. The molecule has 8 rings (SSSR count). The first-order valence-electron chi connectivity index (χ1n) is 14.8. The molecule has 4 heterocycles. The minimum atomic E-state index is -0.397. The van der Waals surface area contributed by atoms with Crippen LogP contribution >= 0.6 is 45.2 Å². The summed E-state index contributed by atoms with van der Waals surface area (Å²) in [4.78, 5) is 35.4. The van der Waals surface area contributed by atoms with E-state index in [0.717, 1.165) is 53.2 Å². The highest BCUT2D eigenvalue weighted by molar-refractivity contribution is 14.1. The average molecular weight is 830 g/mol. The number of rotatable bonds is 7. The van der Waals surface area contributed by atoms with Gasteiger partial charge in [-0.15, -0.1) is 0 Å². The van der Waals surface area contributed by atoms with Crippen molar-refractivity contribution in [2.75, 3.05) is 0 Å². The van der Waals surface area contributed by atoms with Gasteiger partial charge in [-0.25, -0.2) is 19.6 Å². The smallest absolute Gasteiger partial charge is 0.347 e. The average Bonchev–Trinajstić information content (AvgIpc) is 3.62. The lowest BCUT2D eigenvalue weighted by molar-refractivity contribution is 0.502. The van der Waals surface area contributed by atoms with Gasteiger partial charge in [-0.3, -0.25) is 0 Å². The molecule has 0 atom stereocenters. The fourth-order valence-electron chi connectivity index (χ4n) is 6.10. The van der Waals surface area contributed by atoms with Crippen molar-refractivity contribution in [2.24, 2.45) is 0 Å². The van der Waals surface area contributed by atoms with Crippen molar-refractivity contribution in [1.29, 1.82) is 0 Å². The highest BCUT2D eigenvalue weighted by atomic mass is 127. The molecule has 0 spiro atoms. The Kier molecular flexibility index (Phi) is 7.48. The number of fused-ring (bicyclic) bond motifs is 4. The lowest BCUT2D eigenvalue weighted by Gasteiger charge is -2.13. The Hall–Kier alpha value is -4.30. The van der Waals surface area contributed by atoms with E-state index in [2.05, 4.69) is 78.6 Å². The van der Waals surface area contributed by atoms with Crippen molar-refractivity contribution >= 4 is 88.8 Å². The van der Waals surface area contributed by atoms with E-state index in [4.69, 9.17) is 18.8 Å². The van der Waals surface area contributed by atoms with Crippen LogP contribution in [0.5, 0.6) is 0 Å². The molecule has 0 bridgehead atoms. The van der Waals surface area contributed by atoms with E-state index < -0.39 is 11.3 Å². The van der Waals surface area contributed by atoms with Gasteiger partial charge in [0.2, 0.25) is 11.8 Å². The fourth-order valence-corrected chi connectivity index (χ4v) is 7.09. The molecule has 0 saturated carbocycles. The molecular weight excluding hydrogens is 806 g/mol. The Labute approximate surface area is 289 Å². The molecule has 0 aliphatic rings. The number of para-hydroxylation sites is 2. The fraction of sp³-hybridized carbons (Fsp3) is 0.111. The van der Waals surface area contributed by atoms with Crippen LogP contribution in [0.25, 0.3) is 66.8 Å². The molecule has 10 heteroatoms. The van der Waals surface area contributed by atoms with Gasteiger partial charge in [0.05, 0.1) is 21.8 Å². The van der Waals surface area contributed by atoms with Gasteiger partial charge in [0.15, 0.2) is 0 Å². The zero-order valence-electron chi connectivity index (χ0n) is 24.2. The number of unbranched alkanes of at least 4 members (excludes halogenated alkanes) is 1. The van der Waals surface area contributed by atoms with Crippen molar-refractivity contribution in [3.8, 4) is 23.2 Å². The van der Waals surface area contributed by atoms with Crippen LogP contribution < -0.4 is 11.3 Å². The van der Waals surface area contributed by atoms with E-state index in [-0.39, 0.29) is 0 Å². The monoisotopic (exact) mass is 830 g/mol. The minimum Gasteiger partial charge on any atom is -0.401 e. The van der Waals surface area contributed by atoms with Crippen LogP contribution in [0.2, 0.25) is 0 Å². The molecule has 0 aliphatic heterocycles. The van der Waals surface area contributed by atoms with Gasteiger partial charge < -0.3 is 18.0 Å². The SMILES string of the molecule is O=c1oc(-c2cc3ccccc3n2CCCCn2c(-c3nc4ccc(I)cc4c(=O)o3)cc3ccccc32)nc2ccc(I)cc12. The van der Waals surface area contributed by atoms with Crippen LogP contribution in [0.4, 0.5) is 0 Å². The van der Waals surface area contributed by atoms with Crippen molar-refractivity contribution in [3.63, 3.8) is 0 Å². The first kappa shape index (κ1) is 29.1. The van der Waals surface area contributed by atoms with Crippen molar-refractivity contribution in [1.82, 2.24) is 19.1 Å². The predicted molar refractivity (Wildman–Crippen MR) is 197 cm³/mol. The van der Waals surface area contributed by atoms with Crippen LogP contribution in [-0.4, -0.2) is 19.1 Å². The second kappa shape index (κ2) is 11.8. The number of nitrogens with zero attached hydrogens (tertiary/aromatic N) is 4. The number of hydrogen-bond acceptors (Lipinski definition) is 6. The number of hydrogen-bond donors (Lipinski definition) is 0. The summed E-state index contributed by atoms with van der Waals surface area (Å²) in [5.41, 5.74) is 4.06. The molecule has 0 unspecified atom stereocenters. The zero-order chi connectivity index (χ0) is 31.4. The molecule has 4 aromatic heterocycles. The third-order valence-corrected chi connectivity index (χ3v) is 9.59. The Balaban J connectivity index is 1.12. The summed E-state index contributed by atoms with van der Waals surface area (Å²) < 4.78 is 17.8. The zero-order valence-corrected chi connectivity index (χ0v) is 28.6. The van der Waals surface area contributed by atoms with Crippen LogP contribution in [-0.2, 0) is 13.1 Å². The van der Waals surface area contributed by atoms with Gasteiger partial charge >= 0.3 is 11.3 Å². The molecule has 0 fully saturated rings. The third kappa shape index (κ3) is 5.22. The second-order valence-corrected chi connectivity index (χ2v) is 13.6. The number of aromatic nitrogens is 4. The quantitative estimate of drug-likeness (QED) is 0.118. The van der Waals surface area contributed by atoms with Gasteiger partial charge in [0, 0.05) is 42.0 Å². The maximum absolute atomic E-state index is 13.0. The van der Waals surface area contributed by atoms with Crippen LogP contribution in [0.3, 0.4) is 0 Å². The van der Waals surface area contributed by atoms with Gasteiger partial charge in [-0.2, -0.15) is 0 Å². The van der Waals surface area contributed by atoms with Crippen molar-refractivity contribution in [3.05, 3.63) is 125 Å². The Bertz CT molecular complexity index is 2400.